The molecule has 0 spiro atoms. The molecule has 0 aliphatic carbocycles. The van der Waals surface area contributed by atoms with Crippen molar-refractivity contribution < 1.29 is 4.39 Å². The number of benzene rings is 1. The Morgan fingerprint density at radius 2 is 2.21 bits per heavy atom. The van der Waals surface area contributed by atoms with Crippen LogP contribution >= 0.6 is 0 Å². The van der Waals surface area contributed by atoms with Crippen LogP contribution in [0.5, 0.6) is 0 Å². The summed E-state index contributed by atoms with van der Waals surface area (Å²) >= 11 is 0. The maximum atomic E-state index is 14.2. The molecule has 1 atom stereocenters. The molecule has 1 heterocycles. The van der Waals surface area contributed by atoms with Gasteiger partial charge in [0, 0.05) is 18.2 Å². The second-order valence-corrected chi connectivity index (χ2v) is 5.18. The quantitative estimate of drug-likeness (QED) is 0.649. The number of nitrogens with zero attached hydrogens (tertiary/aromatic N) is 1. The fraction of sp³-hybridized carbons (Fsp3) is 0.533. The van der Waals surface area contributed by atoms with E-state index in [1.807, 2.05) is 0 Å². The molecule has 3 N–H and O–H groups in total. The molecule has 0 amide bonds. The summed E-state index contributed by atoms with van der Waals surface area (Å²) in [5.74, 6) is -0.360. The predicted octanol–water partition coefficient (Wildman–Crippen LogP) is 3.27. The Bertz CT molecular complexity index is 459. The van der Waals surface area contributed by atoms with Crippen LogP contribution in [0.1, 0.15) is 44.6 Å². The van der Waals surface area contributed by atoms with Gasteiger partial charge in [-0.3, -0.25) is 5.41 Å². The summed E-state index contributed by atoms with van der Waals surface area (Å²) in [6, 6.07) is 5.29. The predicted molar refractivity (Wildman–Crippen MR) is 77.3 cm³/mol. The first kappa shape index (κ1) is 13.8. The van der Waals surface area contributed by atoms with Gasteiger partial charge in [0.15, 0.2) is 0 Å². The molecule has 0 aromatic heterocycles. The number of halogens is 1. The van der Waals surface area contributed by atoms with E-state index in [0.29, 0.717) is 17.3 Å². The molecule has 1 aromatic rings. The van der Waals surface area contributed by atoms with Gasteiger partial charge in [-0.15, -0.1) is 0 Å². The maximum Gasteiger partial charge on any atom is 0.147 e. The number of anilines is 1. The number of amidine groups is 1. The zero-order valence-electron chi connectivity index (χ0n) is 11.5. The van der Waals surface area contributed by atoms with Gasteiger partial charge in [0.25, 0.3) is 0 Å². The van der Waals surface area contributed by atoms with E-state index in [4.69, 9.17) is 11.1 Å². The van der Waals surface area contributed by atoms with Crippen LogP contribution in [0.3, 0.4) is 0 Å². The van der Waals surface area contributed by atoms with Gasteiger partial charge in [0.05, 0.1) is 5.69 Å². The molecule has 1 unspecified atom stereocenters. The Kier molecular flexibility index (Phi) is 4.40. The highest BCUT2D eigenvalue weighted by molar-refractivity contribution is 5.95. The number of hydrogen-bond acceptors (Lipinski definition) is 2. The second-order valence-electron chi connectivity index (χ2n) is 5.18. The molecule has 1 aliphatic rings. The number of nitrogen functional groups attached to an aromatic ring is 1. The van der Waals surface area contributed by atoms with Crippen LogP contribution in [0.15, 0.2) is 18.2 Å². The molecular formula is C15H22FN3. The van der Waals surface area contributed by atoms with Gasteiger partial charge < -0.3 is 10.6 Å². The van der Waals surface area contributed by atoms with E-state index in [1.165, 1.54) is 18.9 Å². The molecule has 0 saturated carbocycles. The van der Waals surface area contributed by atoms with E-state index in [2.05, 4.69) is 11.8 Å². The molecule has 2 rings (SSSR count). The first-order valence-electron chi connectivity index (χ1n) is 7.04. The molecule has 1 saturated heterocycles. The summed E-state index contributed by atoms with van der Waals surface area (Å²) in [6.07, 6.45) is 5.73. The van der Waals surface area contributed by atoms with Crippen LogP contribution < -0.4 is 10.6 Å². The van der Waals surface area contributed by atoms with E-state index >= 15 is 0 Å². The van der Waals surface area contributed by atoms with Crippen molar-refractivity contribution in [2.24, 2.45) is 5.73 Å². The first-order valence-corrected chi connectivity index (χ1v) is 7.04. The number of hydrogen-bond donors (Lipinski definition) is 2. The van der Waals surface area contributed by atoms with Crippen LogP contribution in [-0.4, -0.2) is 18.4 Å². The van der Waals surface area contributed by atoms with Crippen LogP contribution in [0.2, 0.25) is 0 Å². The Hall–Kier alpha value is -1.58. The van der Waals surface area contributed by atoms with Gasteiger partial charge in [-0.1, -0.05) is 19.8 Å². The number of nitrogens with one attached hydrogen (secondary N) is 1. The Labute approximate surface area is 114 Å². The highest BCUT2D eigenvalue weighted by Crippen LogP contribution is 2.28. The van der Waals surface area contributed by atoms with Gasteiger partial charge in [0.2, 0.25) is 0 Å². The largest absolute Gasteiger partial charge is 0.384 e. The molecule has 3 nitrogen and oxygen atoms in total. The van der Waals surface area contributed by atoms with Crippen molar-refractivity contribution >= 4 is 11.5 Å². The molecule has 1 fully saturated rings. The van der Waals surface area contributed by atoms with E-state index in [0.717, 1.165) is 25.8 Å². The van der Waals surface area contributed by atoms with Gasteiger partial charge in [-0.2, -0.15) is 0 Å². The zero-order valence-corrected chi connectivity index (χ0v) is 11.5. The first-order chi connectivity index (χ1) is 9.13. The molecule has 1 aliphatic heterocycles. The van der Waals surface area contributed by atoms with Gasteiger partial charge in [-0.05, 0) is 37.5 Å². The summed E-state index contributed by atoms with van der Waals surface area (Å²) in [7, 11) is 0. The third kappa shape index (κ3) is 3.06. The Morgan fingerprint density at radius 3 is 2.84 bits per heavy atom. The van der Waals surface area contributed by atoms with E-state index in [-0.39, 0.29) is 11.7 Å². The van der Waals surface area contributed by atoms with Crippen molar-refractivity contribution in [1.29, 1.82) is 5.41 Å². The highest BCUT2D eigenvalue weighted by atomic mass is 19.1. The molecular weight excluding hydrogens is 241 g/mol. The molecule has 104 valence electrons. The average molecular weight is 263 g/mol. The van der Waals surface area contributed by atoms with Crippen molar-refractivity contribution in [3.63, 3.8) is 0 Å². The minimum atomic E-state index is -0.270. The van der Waals surface area contributed by atoms with Gasteiger partial charge in [0.1, 0.15) is 11.7 Å². The van der Waals surface area contributed by atoms with Crippen molar-refractivity contribution in [3.8, 4) is 0 Å². The maximum absolute atomic E-state index is 14.2. The fourth-order valence-corrected chi connectivity index (χ4v) is 2.83. The lowest BCUT2D eigenvalue weighted by Gasteiger charge is -2.31. The van der Waals surface area contributed by atoms with Crippen molar-refractivity contribution in [2.45, 2.75) is 45.1 Å². The SMILES string of the molecule is CCC1CCCCCN1c1ccc(C(=N)N)cc1F. The molecule has 0 bridgehead atoms. The molecule has 0 radical (unpaired) electrons. The lowest BCUT2D eigenvalue weighted by atomic mass is 10.1. The number of rotatable bonds is 3. The fourth-order valence-electron chi connectivity index (χ4n) is 2.83. The van der Waals surface area contributed by atoms with Crippen LogP contribution in [-0.2, 0) is 0 Å². The van der Waals surface area contributed by atoms with Crippen molar-refractivity contribution in [1.82, 2.24) is 0 Å². The molecule has 1 aromatic carbocycles. The Morgan fingerprint density at radius 1 is 1.42 bits per heavy atom. The van der Waals surface area contributed by atoms with Crippen molar-refractivity contribution in [3.05, 3.63) is 29.6 Å². The van der Waals surface area contributed by atoms with E-state index in [1.54, 1.807) is 12.1 Å². The average Bonchev–Trinajstić information content (AvgIpc) is 2.63. The van der Waals surface area contributed by atoms with Crippen LogP contribution in [0.4, 0.5) is 10.1 Å². The number of nitrogens with two attached hydrogens (primary N) is 1. The standard InChI is InChI=1S/C15H22FN3/c1-2-12-6-4-3-5-9-19(12)14-8-7-11(15(17)18)10-13(14)16/h7-8,10,12H,2-6,9H2,1H3,(H3,17,18). The smallest absolute Gasteiger partial charge is 0.147 e. The van der Waals surface area contributed by atoms with Gasteiger partial charge >= 0.3 is 0 Å². The summed E-state index contributed by atoms with van der Waals surface area (Å²) in [6.45, 7) is 3.07. The topological polar surface area (TPSA) is 53.1 Å². The lowest BCUT2D eigenvalue weighted by molar-refractivity contribution is 0.540. The molecule has 19 heavy (non-hydrogen) atoms. The monoisotopic (exact) mass is 263 g/mol. The van der Waals surface area contributed by atoms with Crippen LogP contribution in [0.25, 0.3) is 0 Å². The highest BCUT2D eigenvalue weighted by Gasteiger charge is 2.22. The van der Waals surface area contributed by atoms with E-state index in [9.17, 15) is 4.39 Å². The Balaban J connectivity index is 2.30. The third-order valence-corrected chi connectivity index (χ3v) is 3.92. The minimum absolute atomic E-state index is 0.0895. The summed E-state index contributed by atoms with van der Waals surface area (Å²) in [5, 5.41) is 7.36. The third-order valence-electron chi connectivity index (χ3n) is 3.92. The zero-order chi connectivity index (χ0) is 13.8. The summed E-state index contributed by atoms with van der Waals surface area (Å²) in [4.78, 5) is 2.19. The summed E-state index contributed by atoms with van der Waals surface area (Å²) < 4.78 is 14.2. The second kappa shape index (κ2) is 6.04. The summed E-state index contributed by atoms with van der Waals surface area (Å²) in [5.41, 5.74) is 6.49. The molecule has 4 heteroatoms. The normalized spacial score (nSPS) is 20.1. The van der Waals surface area contributed by atoms with E-state index < -0.39 is 0 Å². The lowest BCUT2D eigenvalue weighted by Crippen LogP contribution is -2.35. The minimum Gasteiger partial charge on any atom is -0.384 e. The van der Waals surface area contributed by atoms with Gasteiger partial charge in [-0.25, -0.2) is 4.39 Å². The van der Waals surface area contributed by atoms with Crippen molar-refractivity contribution in [2.75, 3.05) is 11.4 Å². The van der Waals surface area contributed by atoms with Crippen LogP contribution in [0, 0.1) is 11.2 Å².